The zero-order chi connectivity index (χ0) is 24.3. The van der Waals surface area contributed by atoms with Crippen molar-refractivity contribution in [1.82, 2.24) is 15.1 Å². The van der Waals surface area contributed by atoms with Gasteiger partial charge >= 0.3 is 6.09 Å². The third-order valence-electron chi connectivity index (χ3n) is 7.23. The topological polar surface area (TPSA) is 61.9 Å². The Morgan fingerprint density at radius 1 is 0.829 bits per heavy atom. The van der Waals surface area contributed by atoms with E-state index >= 15 is 0 Å². The maximum Gasteiger partial charge on any atom is 0.408 e. The van der Waals surface area contributed by atoms with Crippen molar-refractivity contribution in [3.05, 3.63) is 71.8 Å². The Bertz CT molecular complexity index is 905. The summed E-state index contributed by atoms with van der Waals surface area (Å²) < 4.78 is 5.42. The van der Waals surface area contributed by atoms with E-state index in [1.165, 1.54) is 38.8 Å². The fourth-order valence-corrected chi connectivity index (χ4v) is 5.20. The van der Waals surface area contributed by atoms with E-state index in [4.69, 9.17) is 4.74 Å². The standard InChI is InChI=1S/C29H39N3O3/c33-28(32-19-15-25(16-20-32)22-31-17-9-1-2-10-18-31)27(21-24-11-5-3-6-12-24)30-29(34)35-23-26-13-7-4-8-14-26/h3-8,11-14,25,27H,1-2,9-10,15-23H2,(H,30,34). The SMILES string of the molecule is O=C(NC(Cc1ccccc1)C(=O)N1CCC(CN2CCCCCC2)CC1)OCc1ccccc1. The molecule has 2 aromatic carbocycles. The minimum atomic E-state index is -0.636. The van der Waals surface area contributed by atoms with E-state index in [1.54, 1.807) is 0 Å². The highest BCUT2D eigenvalue weighted by molar-refractivity contribution is 5.86. The van der Waals surface area contributed by atoms with Gasteiger partial charge in [-0.05, 0) is 55.8 Å². The summed E-state index contributed by atoms with van der Waals surface area (Å²) in [5.41, 5.74) is 1.94. The van der Waals surface area contributed by atoms with E-state index in [0.717, 1.165) is 43.6 Å². The molecule has 0 radical (unpaired) electrons. The lowest BCUT2D eigenvalue weighted by molar-refractivity contribution is -0.134. The number of ether oxygens (including phenoxy) is 1. The number of nitrogens with zero attached hydrogens (tertiary/aromatic N) is 2. The Balaban J connectivity index is 1.31. The molecule has 2 aliphatic heterocycles. The summed E-state index contributed by atoms with van der Waals surface area (Å²) in [5.74, 6) is 0.632. The van der Waals surface area contributed by atoms with Gasteiger partial charge in [0.2, 0.25) is 5.91 Å². The number of hydrogen-bond acceptors (Lipinski definition) is 4. The zero-order valence-corrected chi connectivity index (χ0v) is 20.7. The van der Waals surface area contributed by atoms with Crippen LogP contribution >= 0.6 is 0 Å². The molecule has 2 aliphatic rings. The van der Waals surface area contributed by atoms with Crippen LogP contribution in [0.15, 0.2) is 60.7 Å². The van der Waals surface area contributed by atoms with Crippen molar-refractivity contribution in [2.45, 2.75) is 57.6 Å². The summed E-state index contributed by atoms with van der Waals surface area (Å²) in [4.78, 5) is 30.7. The van der Waals surface area contributed by atoms with Gasteiger partial charge in [-0.3, -0.25) is 4.79 Å². The maximum absolute atomic E-state index is 13.5. The summed E-state index contributed by atoms with van der Waals surface area (Å²) in [6, 6.07) is 18.8. The van der Waals surface area contributed by atoms with Crippen molar-refractivity contribution in [3.63, 3.8) is 0 Å². The van der Waals surface area contributed by atoms with E-state index in [2.05, 4.69) is 10.2 Å². The highest BCUT2D eigenvalue weighted by Crippen LogP contribution is 2.21. The van der Waals surface area contributed by atoms with Crippen LogP contribution in [-0.2, 0) is 22.6 Å². The van der Waals surface area contributed by atoms with Crippen molar-refractivity contribution in [2.24, 2.45) is 5.92 Å². The van der Waals surface area contributed by atoms with Crippen molar-refractivity contribution in [1.29, 1.82) is 0 Å². The van der Waals surface area contributed by atoms with Crippen LogP contribution in [0.2, 0.25) is 0 Å². The first-order valence-electron chi connectivity index (χ1n) is 13.2. The predicted octanol–water partition coefficient (Wildman–Crippen LogP) is 4.64. The normalized spacial score (nSPS) is 18.5. The number of carbonyl (C=O) groups excluding carboxylic acids is 2. The lowest BCUT2D eigenvalue weighted by Gasteiger charge is -2.36. The molecule has 0 saturated carbocycles. The van der Waals surface area contributed by atoms with E-state index in [-0.39, 0.29) is 12.5 Å². The van der Waals surface area contributed by atoms with Gasteiger partial charge in [0.1, 0.15) is 12.6 Å². The van der Waals surface area contributed by atoms with Gasteiger partial charge in [-0.1, -0.05) is 73.5 Å². The number of piperidine rings is 1. The number of benzene rings is 2. The minimum Gasteiger partial charge on any atom is -0.445 e. The Morgan fingerprint density at radius 3 is 2.06 bits per heavy atom. The first-order valence-corrected chi connectivity index (χ1v) is 13.2. The monoisotopic (exact) mass is 477 g/mol. The van der Waals surface area contributed by atoms with E-state index in [1.807, 2.05) is 65.6 Å². The van der Waals surface area contributed by atoms with Crippen molar-refractivity contribution < 1.29 is 14.3 Å². The lowest BCUT2D eigenvalue weighted by Crippen LogP contribution is -2.52. The first kappa shape index (κ1) is 25.2. The largest absolute Gasteiger partial charge is 0.445 e. The van der Waals surface area contributed by atoms with Crippen LogP contribution in [0, 0.1) is 5.92 Å². The molecule has 1 unspecified atom stereocenters. The van der Waals surface area contributed by atoms with Crippen LogP contribution in [-0.4, -0.2) is 60.6 Å². The molecule has 2 aromatic rings. The maximum atomic E-state index is 13.5. The lowest BCUT2D eigenvalue weighted by atomic mass is 9.95. The molecule has 4 rings (SSSR count). The molecule has 0 aliphatic carbocycles. The summed E-state index contributed by atoms with van der Waals surface area (Å²) in [7, 11) is 0. The summed E-state index contributed by atoms with van der Waals surface area (Å²) in [5, 5.41) is 2.86. The number of carbonyl (C=O) groups is 2. The molecule has 0 spiro atoms. The summed E-state index contributed by atoms with van der Waals surface area (Å²) in [6.07, 6.45) is 7.28. The quantitative estimate of drug-likeness (QED) is 0.602. The zero-order valence-electron chi connectivity index (χ0n) is 20.7. The molecular formula is C29H39N3O3. The second-order valence-electron chi connectivity index (χ2n) is 9.93. The molecule has 2 amide bonds. The highest BCUT2D eigenvalue weighted by atomic mass is 16.5. The molecule has 2 fully saturated rings. The Morgan fingerprint density at radius 2 is 1.43 bits per heavy atom. The smallest absolute Gasteiger partial charge is 0.408 e. The van der Waals surface area contributed by atoms with E-state index in [0.29, 0.717) is 12.3 Å². The summed E-state index contributed by atoms with van der Waals surface area (Å²) >= 11 is 0. The van der Waals surface area contributed by atoms with Crippen LogP contribution in [0.5, 0.6) is 0 Å². The molecular weight excluding hydrogens is 438 g/mol. The predicted molar refractivity (Wildman–Crippen MR) is 138 cm³/mol. The molecule has 2 saturated heterocycles. The van der Waals surface area contributed by atoms with Crippen LogP contribution in [0.25, 0.3) is 0 Å². The second-order valence-corrected chi connectivity index (χ2v) is 9.93. The number of nitrogens with one attached hydrogen (secondary N) is 1. The van der Waals surface area contributed by atoms with Crippen molar-refractivity contribution in [2.75, 3.05) is 32.7 Å². The summed E-state index contributed by atoms with van der Waals surface area (Å²) in [6.45, 7) is 5.27. The van der Waals surface area contributed by atoms with Gasteiger partial charge < -0.3 is 19.9 Å². The molecule has 0 aromatic heterocycles. The average Bonchev–Trinajstić information content (AvgIpc) is 3.17. The second kappa shape index (κ2) is 13.3. The molecule has 188 valence electrons. The van der Waals surface area contributed by atoms with Gasteiger partial charge in [0.15, 0.2) is 0 Å². The highest BCUT2D eigenvalue weighted by Gasteiger charge is 2.30. The van der Waals surface area contributed by atoms with Crippen molar-refractivity contribution >= 4 is 12.0 Å². The minimum absolute atomic E-state index is 0.0151. The molecule has 6 heteroatoms. The van der Waals surface area contributed by atoms with Gasteiger partial charge in [-0.15, -0.1) is 0 Å². The Hall–Kier alpha value is -2.86. The number of likely N-dealkylation sites (tertiary alicyclic amines) is 2. The number of alkyl carbamates (subject to hydrolysis) is 1. The van der Waals surface area contributed by atoms with Crippen LogP contribution in [0.3, 0.4) is 0 Å². The molecule has 6 nitrogen and oxygen atoms in total. The van der Waals surface area contributed by atoms with Gasteiger partial charge in [0, 0.05) is 26.1 Å². The number of rotatable bonds is 8. The number of hydrogen-bond donors (Lipinski definition) is 1. The van der Waals surface area contributed by atoms with Crippen molar-refractivity contribution in [3.8, 4) is 0 Å². The number of amides is 2. The van der Waals surface area contributed by atoms with Gasteiger partial charge in [0.25, 0.3) is 0 Å². The fourth-order valence-electron chi connectivity index (χ4n) is 5.20. The molecule has 1 N–H and O–H groups in total. The van der Waals surface area contributed by atoms with Crippen LogP contribution in [0.1, 0.15) is 49.7 Å². The third kappa shape index (κ3) is 8.10. The van der Waals surface area contributed by atoms with E-state index in [9.17, 15) is 9.59 Å². The Kier molecular flexibility index (Phi) is 9.58. The van der Waals surface area contributed by atoms with Crippen LogP contribution in [0.4, 0.5) is 4.79 Å². The molecule has 2 heterocycles. The van der Waals surface area contributed by atoms with E-state index < -0.39 is 12.1 Å². The molecule has 1 atom stereocenters. The average molecular weight is 478 g/mol. The fraction of sp³-hybridized carbons (Fsp3) is 0.517. The molecule has 35 heavy (non-hydrogen) atoms. The van der Waals surface area contributed by atoms with Gasteiger partial charge in [0.05, 0.1) is 0 Å². The molecule has 0 bridgehead atoms. The Labute approximate surface area is 209 Å². The van der Waals surface area contributed by atoms with Gasteiger partial charge in [-0.2, -0.15) is 0 Å². The van der Waals surface area contributed by atoms with Crippen LogP contribution < -0.4 is 5.32 Å². The third-order valence-corrected chi connectivity index (χ3v) is 7.23. The van der Waals surface area contributed by atoms with Gasteiger partial charge in [-0.25, -0.2) is 4.79 Å². The first-order chi connectivity index (χ1) is 17.2.